The first kappa shape index (κ1) is 14.5. The molecule has 0 heterocycles. The van der Waals surface area contributed by atoms with Crippen molar-refractivity contribution < 1.29 is 5.11 Å². The molecule has 0 spiro atoms. The number of nitrogens with one attached hydrogen (secondary N) is 1. The summed E-state index contributed by atoms with van der Waals surface area (Å²) in [5.41, 5.74) is 1.38. The number of hydrogen-bond donors (Lipinski definition) is 2. The normalized spacial score (nSPS) is 25.5. The van der Waals surface area contributed by atoms with Gasteiger partial charge in [-0.3, -0.25) is 0 Å². The van der Waals surface area contributed by atoms with Crippen LogP contribution in [0, 0.1) is 11.8 Å². The number of hydrogen-bond acceptors (Lipinski definition) is 2. The topological polar surface area (TPSA) is 32.3 Å². The molecule has 1 aliphatic rings. The van der Waals surface area contributed by atoms with Gasteiger partial charge in [-0.15, -0.1) is 0 Å². The average molecular weight is 261 g/mol. The number of aliphatic hydroxyl groups is 1. The molecule has 0 amide bonds. The van der Waals surface area contributed by atoms with Crippen LogP contribution in [0.4, 0.5) is 0 Å². The van der Waals surface area contributed by atoms with E-state index in [4.69, 9.17) is 0 Å². The minimum Gasteiger partial charge on any atom is -0.393 e. The van der Waals surface area contributed by atoms with Crippen LogP contribution >= 0.6 is 0 Å². The summed E-state index contributed by atoms with van der Waals surface area (Å²) in [7, 11) is 0. The first-order valence-electron chi connectivity index (χ1n) is 7.63. The maximum absolute atomic E-state index is 9.55. The molecule has 1 aliphatic carbocycles. The lowest BCUT2D eigenvalue weighted by Crippen LogP contribution is -2.32. The van der Waals surface area contributed by atoms with Crippen LogP contribution in [0.2, 0.25) is 0 Å². The minimum absolute atomic E-state index is 0.0498. The van der Waals surface area contributed by atoms with E-state index in [1.807, 2.05) is 0 Å². The van der Waals surface area contributed by atoms with Crippen LogP contribution in [0.3, 0.4) is 0 Å². The van der Waals surface area contributed by atoms with Crippen molar-refractivity contribution in [3.05, 3.63) is 35.9 Å². The third-order valence-electron chi connectivity index (χ3n) is 4.27. The SMILES string of the molecule is CC(C)C(NCC1CCC(O)CC1)c1ccccc1. The summed E-state index contributed by atoms with van der Waals surface area (Å²) in [5.74, 6) is 1.32. The average Bonchev–Trinajstić information content (AvgIpc) is 2.42. The summed E-state index contributed by atoms with van der Waals surface area (Å²) in [6, 6.07) is 11.2. The Morgan fingerprint density at radius 1 is 1.11 bits per heavy atom. The Morgan fingerprint density at radius 2 is 1.74 bits per heavy atom. The van der Waals surface area contributed by atoms with Gasteiger partial charge in [0.15, 0.2) is 0 Å². The van der Waals surface area contributed by atoms with E-state index in [9.17, 15) is 5.11 Å². The molecule has 1 saturated carbocycles. The Kier molecular flexibility index (Phi) is 5.41. The molecule has 1 aromatic carbocycles. The zero-order valence-corrected chi connectivity index (χ0v) is 12.2. The Balaban J connectivity index is 1.88. The largest absolute Gasteiger partial charge is 0.393 e. The van der Waals surface area contributed by atoms with Gasteiger partial charge in [-0.05, 0) is 49.6 Å². The van der Waals surface area contributed by atoms with Gasteiger partial charge in [0.05, 0.1) is 6.10 Å². The third-order valence-corrected chi connectivity index (χ3v) is 4.27. The molecule has 0 aromatic heterocycles. The number of rotatable bonds is 5. The second-order valence-electron chi connectivity index (χ2n) is 6.22. The lowest BCUT2D eigenvalue weighted by molar-refractivity contribution is 0.107. The highest BCUT2D eigenvalue weighted by molar-refractivity contribution is 5.19. The van der Waals surface area contributed by atoms with Crippen molar-refractivity contribution in [1.29, 1.82) is 0 Å². The fourth-order valence-electron chi connectivity index (χ4n) is 3.04. The van der Waals surface area contributed by atoms with Gasteiger partial charge in [-0.1, -0.05) is 44.2 Å². The van der Waals surface area contributed by atoms with Crippen LogP contribution in [0.25, 0.3) is 0 Å². The molecule has 19 heavy (non-hydrogen) atoms. The zero-order chi connectivity index (χ0) is 13.7. The second-order valence-corrected chi connectivity index (χ2v) is 6.22. The summed E-state index contributed by atoms with van der Waals surface area (Å²) in [6.45, 7) is 5.62. The van der Waals surface area contributed by atoms with Crippen LogP contribution in [0.5, 0.6) is 0 Å². The van der Waals surface area contributed by atoms with E-state index in [1.54, 1.807) is 0 Å². The molecule has 2 heteroatoms. The summed E-state index contributed by atoms with van der Waals surface area (Å²) in [5, 5.41) is 13.3. The zero-order valence-electron chi connectivity index (χ0n) is 12.2. The highest BCUT2D eigenvalue weighted by Gasteiger charge is 2.21. The molecule has 1 fully saturated rings. The van der Waals surface area contributed by atoms with Crippen LogP contribution < -0.4 is 5.32 Å². The molecule has 1 atom stereocenters. The van der Waals surface area contributed by atoms with Crippen LogP contribution in [0.15, 0.2) is 30.3 Å². The Hall–Kier alpha value is -0.860. The van der Waals surface area contributed by atoms with Crippen LogP contribution in [-0.4, -0.2) is 17.8 Å². The van der Waals surface area contributed by atoms with Gasteiger partial charge >= 0.3 is 0 Å². The lowest BCUT2D eigenvalue weighted by Gasteiger charge is -2.29. The van der Waals surface area contributed by atoms with Crippen LogP contribution in [-0.2, 0) is 0 Å². The van der Waals surface area contributed by atoms with E-state index >= 15 is 0 Å². The molecule has 2 nitrogen and oxygen atoms in total. The third kappa shape index (κ3) is 4.32. The van der Waals surface area contributed by atoms with Crippen LogP contribution in [0.1, 0.15) is 51.1 Å². The van der Waals surface area contributed by atoms with Crippen molar-refractivity contribution in [2.75, 3.05) is 6.54 Å². The first-order chi connectivity index (χ1) is 9.16. The molecule has 2 N–H and O–H groups in total. The van der Waals surface area contributed by atoms with Crippen molar-refractivity contribution in [2.24, 2.45) is 11.8 Å². The second kappa shape index (κ2) is 7.06. The van der Waals surface area contributed by atoms with Crippen molar-refractivity contribution >= 4 is 0 Å². The van der Waals surface area contributed by atoms with E-state index < -0.39 is 0 Å². The van der Waals surface area contributed by atoms with Crippen molar-refractivity contribution in [3.8, 4) is 0 Å². The maximum atomic E-state index is 9.55. The molecule has 1 unspecified atom stereocenters. The van der Waals surface area contributed by atoms with E-state index in [0.717, 1.165) is 38.1 Å². The summed E-state index contributed by atoms with van der Waals surface area (Å²) in [6.07, 6.45) is 4.22. The van der Waals surface area contributed by atoms with Gasteiger partial charge in [-0.2, -0.15) is 0 Å². The Morgan fingerprint density at radius 3 is 2.32 bits per heavy atom. The summed E-state index contributed by atoms with van der Waals surface area (Å²) >= 11 is 0. The molecule has 0 aliphatic heterocycles. The summed E-state index contributed by atoms with van der Waals surface area (Å²) < 4.78 is 0. The van der Waals surface area contributed by atoms with Gasteiger partial charge in [0.25, 0.3) is 0 Å². The Bertz CT molecular complexity index is 355. The van der Waals surface area contributed by atoms with Gasteiger partial charge in [-0.25, -0.2) is 0 Å². The smallest absolute Gasteiger partial charge is 0.0540 e. The highest BCUT2D eigenvalue weighted by Crippen LogP contribution is 2.26. The predicted octanol–water partition coefficient (Wildman–Crippen LogP) is 3.52. The van der Waals surface area contributed by atoms with Crippen molar-refractivity contribution in [2.45, 2.75) is 51.7 Å². The van der Waals surface area contributed by atoms with E-state index in [2.05, 4.69) is 49.5 Å². The van der Waals surface area contributed by atoms with E-state index in [0.29, 0.717) is 12.0 Å². The van der Waals surface area contributed by atoms with E-state index in [-0.39, 0.29) is 6.10 Å². The van der Waals surface area contributed by atoms with Crippen molar-refractivity contribution in [1.82, 2.24) is 5.32 Å². The number of benzene rings is 1. The molecule has 0 bridgehead atoms. The maximum Gasteiger partial charge on any atom is 0.0540 e. The lowest BCUT2D eigenvalue weighted by atomic mass is 9.86. The van der Waals surface area contributed by atoms with Gasteiger partial charge < -0.3 is 10.4 Å². The molecular weight excluding hydrogens is 234 g/mol. The number of aliphatic hydroxyl groups excluding tert-OH is 1. The quantitative estimate of drug-likeness (QED) is 0.850. The molecule has 1 aromatic rings. The molecule has 2 rings (SSSR count). The predicted molar refractivity (Wildman–Crippen MR) is 80.0 cm³/mol. The summed E-state index contributed by atoms with van der Waals surface area (Å²) in [4.78, 5) is 0. The van der Waals surface area contributed by atoms with Crippen molar-refractivity contribution in [3.63, 3.8) is 0 Å². The van der Waals surface area contributed by atoms with Gasteiger partial charge in [0, 0.05) is 6.04 Å². The Labute approximate surface area is 117 Å². The van der Waals surface area contributed by atoms with Gasteiger partial charge in [0.2, 0.25) is 0 Å². The fourth-order valence-corrected chi connectivity index (χ4v) is 3.04. The molecular formula is C17H27NO. The molecule has 106 valence electrons. The van der Waals surface area contributed by atoms with Gasteiger partial charge in [0.1, 0.15) is 0 Å². The molecule has 0 radical (unpaired) electrons. The molecule has 0 saturated heterocycles. The minimum atomic E-state index is -0.0498. The fraction of sp³-hybridized carbons (Fsp3) is 0.647. The first-order valence-corrected chi connectivity index (χ1v) is 7.63. The monoisotopic (exact) mass is 261 g/mol. The van der Waals surface area contributed by atoms with E-state index in [1.165, 1.54) is 5.56 Å². The highest BCUT2D eigenvalue weighted by atomic mass is 16.3. The standard InChI is InChI=1S/C17H27NO/c1-13(2)17(15-6-4-3-5-7-15)18-12-14-8-10-16(19)11-9-14/h3-7,13-14,16-19H,8-12H2,1-2H3.